The maximum absolute atomic E-state index is 12.6. The predicted molar refractivity (Wildman–Crippen MR) is 97.3 cm³/mol. The molecular weight excluding hydrogens is 426 g/mol. The SMILES string of the molecule is COC(=O)N1CCC(NC(=O)c2cc(S(=O)(=O)NC3CC3)ccc2Br)C1. The van der Waals surface area contributed by atoms with Gasteiger partial charge in [-0.25, -0.2) is 17.9 Å². The number of ether oxygens (including phenoxy) is 1. The van der Waals surface area contributed by atoms with Gasteiger partial charge >= 0.3 is 6.09 Å². The molecular formula is C16H20BrN3O5S. The molecule has 1 unspecified atom stereocenters. The minimum Gasteiger partial charge on any atom is -0.453 e. The first-order chi connectivity index (χ1) is 12.3. The molecule has 0 bridgehead atoms. The Hall–Kier alpha value is -1.65. The molecule has 0 aromatic heterocycles. The van der Waals surface area contributed by atoms with E-state index in [-0.39, 0.29) is 22.5 Å². The van der Waals surface area contributed by atoms with Crippen LogP contribution in [0.1, 0.15) is 29.6 Å². The van der Waals surface area contributed by atoms with Crippen LogP contribution in [0.2, 0.25) is 0 Å². The first-order valence-corrected chi connectivity index (χ1v) is 10.5. The van der Waals surface area contributed by atoms with Crippen LogP contribution in [0.4, 0.5) is 4.79 Å². The molecule has 26 heavy (non-hydrogen) atoms. The summed E-state index contributed by atoms with van der Waals surface area (Å²) in [7, 11) is -2.33. The van der Waals surface area contributed by atoms with Crippen molar-refractivity contribution in [2.45, 2.75) is 36.2 Å². The molecule has 1 saturated carbocycles. The van der Waals surface area contributed by atoms with Crippen molar-refractivity contribution >= 4 is 38.0 Å². The number of methoxy groups -OCH3 is 1. The molecule has 1 aliphatic heterocycles. The second kappa shape index (κ2) is 7.53. The molecule has 8 nitrogen and oxygen atoms in total. The Kier molecular flexibility index (Phi) is 5.54. The molecule has 1 aromatic carbocycles. The first kappa shape index (κ1) is 19.1. The topological polar surface area (TPSA) is 105 Å². The van der Waals surface area contributed by atoms with E-state index in [0.29, 0.717) is 24.0 Å². The molecule has 1 aromatic rings. The molecule has 2 N–H and O–H groups in total. The zero-order chi connectivity index (χ0) is 18.9. The maximum atomic E-state index is 12.6. The highest BCUT2D eigenvalue weighted by molar-refractivity contribution is 9.10. The third-order valence-corrected chi connectivity index (χ3v) is 6.56. The van der Waals surface area contributed by atoms with Crippen LogP contribution in [-0.2, 0) is 14.8 Å². The quantitative estimate of drug-likeness (QED) is 0.713. The molecule has 2 amide bonds. The lowest BCUT2D eigenvalue weighted by Gasteiger charge is -2.16. The normalized spacial score (nSPS) is 20.1. The van der Waals surface area contributed by atoms with E-state index >= 15 is 0 Å². The smallest absolute Gasteiger partial charge is 0.409 e. The first-order valence-electron chi connectivity index (χ1n) is 8.26. The highest BCUT2D eigenvalue weighted by atomic mass is 79.9. The van der Waals surface area contributed by atoms with E-state index in [1.54, 1.807) is 6.07 Å². The number of rotatable bonds is 5. The molecule has 1 saturated heterocycles. The van der Waals surface area contributed by atoms with Gasteiger partial charge in [-0.3, -0.25) is 4.79 Å². The summed E-state index contributed by atoms with van der Waals surface area (Å²) in [6.07, 6.45) is 1.85. The summed E-state index contributed by atoms with van der Waals surface area (Å²) in [4.78, 5) is 25.7. The predicted octanol–water partition coefficient (Wildman–Crippen LogP) is 1.46. The molecule has 142 valence electrons. The second-order valence-electron chi connectivity index (χ2n) is 6.41. The second-order valence-corrected chi connectivity index (χ2v) is 8.98. The van der Waals surface area contributed by atoms with Gasteiger partial charge < -0.3 is 15.0 Å². The highest BCUT2D eigenvalue weighted by Gasteiger charge is 2.30. The molecule has 10 heteroatoms. The van der Waals surface area contributed by atoms with Gasteiger partial charge in [-0.15, -0.1) is 0 Å². The number of carbonyl (C=O) groups is 2. The third-order valence-electron chi connectivity index (χ3n) is 4.35. The van der Waals surface area contributed by atoms with Gasteiger partial charge in [-0.2, -0.15) is 0 Å². The molecule has 1 heterocycles. The van der Waals surface area contributed by atoms with Gasteiger partial charge in [0.1, 0.15) is 0 Å². The fraction of sp³-hybridized carbons (Fsp3) is 0.500. The maximum Gasteiger partial charge on any atom is 0.409 e. The number of hydrogen-bond acceptors (Lipinski definition) is 5. The summed E-state index contributed by atoms with van der Waals surface area (Å²) in [5, 5.41) is 2.84. The van der Waals surface area contributed by atoms with Crippen LogP contribution < -0.4 is 10.0 Å². The van der Waals surface area contributed by atoms with E-state index in [2.05, 4.69) is 30.7 Å². The average molecular weight is 446 g/mol. The van der Waals surface area contributed by atoms with Gasteiger partial charge in [0.25, 0.3) is 5.91 Å². The largest absolute Gasteiger partial charge is 0.453 e. The van der Waals surface area contributed by atoms with E-state index in [1.807, 2.05) is 0 Å². The third kappa shape index (κ3) is 4.36. The Bertz CT molecular complexity index is 825. The lowest BCUT2D eigenvalue weighted by atomic mass is 10.2. The lowest BCUT2D eigenvalue weighted by molar-refractivity contribution is 0.0933. The summed E-state index contributed by atoms with van der Waals surface area (Å²) in [6.45, 7) is 0.857. The van der Waals surface area contributed by atoms with Gasteiger partial charge in [0.2, 0.25) is 10.0 Å². The van der Waals surface area contributed by atoms with Crippen LogP contribution in [0.5, 0.6) is 0 Å². The van der Waals surface area contributed by atoms with Crippen molar-refractivity contribution in [3.05, 3.63) is 28.2 Å². The lowest BCUT2D eigenvalue weighted by Crippen LogP contribution is -2.38. The number of likely N-dealkylation sites (tertiary alicyclic amines) is 1. The summed E-state index contributed by atoms with van der Waals surface area (Å²) in [6, 6.07) is 4.14. The summed E-state index contributed by atoms with van der Waals surface area (Å²) < 4.78 is 32.5. The molecule has 2 aliphatic rings. The number of carbonyl (C=O) groups excluding carboxylic acids is 2. The number of benzene rings is 1. The summed E-state index contributed by atoms with van der Waals surface area (Å²) in [5.74, 6) is -0.392. The zero-order valence-corrected chi connectivity index (χ0v) is 16.6. The fourth-order valence-corrected chi connectivity index (χ4v) is 4.53. The number of hydrogen-bond donors (Lipinski definition) is 2. The van der Waals surface area contributed by atoms with Gasteiger partial charge in [0.05, 0.1) is 17.6 Å². The Balaban J connectivity index is 1.71. The van der Waals surface area contributed by atoms with Gasteiger partial charge in [0.15, 0.2) is 0 Å². The Labute approximate surface area is 160 Å². The summed E-state index contributed by atoms with van der Waals surface area (Å²) in [5.41, 5.74) is 0.236. The molecule has 1 atom stereocenters. The molecule has 0 radical (unpaired) electrons. The van der Waals surface area contributed by atoms with E-state index < -0.39 is 22.0 Å². The standard InChI is InChI=1S/C16H20BrN3O5S/c1-25-16(22)20-7-6-11(9-20)18-15(21)13-8-12(4-5-14(13)17)26(23,24)19-10-2-3-10/h4-5,8,10-11,19H,2-3,6-7,9H2,1H3,(H,18,21). The molecule has 1 aliphatic carbocycles. The van der Waals surface area contributed by atoms with Gasteiger partial charge in [-0.05, 0) is 53.4 Å². The minimum atomic E-state index is -3.64. The molecule has 3 rings (SSSR count). The number of halogens is 1. The summed E-state index contributed by atoms with van der Waals surface area (Å²) >= 11 is 3.30. The van der Waals surface area contributed by atoms with Crippen molar-refractivity contribution in [1.82, 2.24) is 14.9 Å². The van der Waals surface area contributed by atoms with Crippen molar-refractivity contribution < 1.29 is 22.7 Å². The van der Waals surface area contributed by atoms with Crippen molar-refractivity contribution in [1.29, 1.82) is 0 Å². The zero-order valence-electron chi connectivity index (χ0n) is 14.2. The number of sulfonamides is 1. The average Bonchev–Trinajstić information content (AvgIpc) is 3.28. The van der Waals surface area contributed by atoms with Crippen molar-refractivity contribution in [2.24, 2.45) is 0 Å². The van der Waals surface area contributed by atoms with E-state index in [1.165, 1.54) is 24.1 Å². The van der Waals surface area contributed by atoms with E-state index in [0.717, 1.165) is 12.8 Å². The monoisotopic (exact) mass is 445 g/mol. The van der Waals surface area contributed by atoms with Crippen LogP contribution >= 0.6 is 15.9 Å². The van der Waals surface area contributed by atoms with Crippen LogP contribution in [0.3, 0.4) is 0 Å². The van der Waals surface area contributed by atoms with Crippen LogP contribution in [0.15, 0.2) is 27.6 Å². The number of amides is 2. The number of nitrogens with one attached hydrogen (secondary N) is 2. The highest BCUT2D eigenvalue weighted by Crippen LogP contribution is 2.25. The van der Waals surface area contributed by atoms with Crippen LogP contribution in [-0.4, -0.2) is 57.6 Å². The van der Waals surface area contributed by atoms with Crippen LogP contribution in [0, 0.1) is 0 Å². The van der Waals surface area contributed by atoms with Gasteiger partial charge in [0, 0.05) is 29.6 Å². The minimum absolute atomic E-state index is 0.0104. The van der Waals surface area contributed by atoms with Crippen molar-refractivity contribution in [3.8, 4) is 0 Å². The van der Waals surface area contributed by atoms with Crippen LogP contribution in [0.25, 0.3) is 0 Å². The van der Waals surface area contributed by atoms with E-state index in [4.69, 9.17) is 0 Å². The Morgan fingerprint density at radius 2 is 1.96 bits per heavy atom. The Morgan fingerprint density at radius 1 is 1.23 bits per heavy atom. The van der Waals surface area contributed by atoms with Gasteiger partial charge in [-0.1, -0.05) is 0 Å². The fourth-order valence-electron chi connectivity index (χ4n) is 2.77. The van der Waals surface area contributed by atoms with Crippen molar-refractivity contribution in [2.75, 3.05) is 20.2 Å². The van der Waals surface area contributed by atoms with Crippen molar-refractivity contribution in [3.63, 3.8) is 0 Å². The molecule has 0 spiro atoms. The molecule has 2 fully saturated rings. The van der Waals surface area contributed by atoms with E-state index in [9.17, 15) is 18.0 Å². The Morgan fingerprint density at radius 3 is 2.62 bits per heavy atom. The number of nitrogens with zero attached hydrogens (tertiary/aromatic N) is 1.